The van der Waals surface area contributed by atoms with Crippen LogP contribution in [0.3, 0.4) is 0 Å². The number of aromatic nitrogens is 1. The number of pyridine rings is 1. The van der Waals surface area contributed by atoms with Gasteiger partial charge >= 0.3 is 0 Å². The molecule has 0 fully saturated rings. The summed E-state index contributed by atoms with van der Waals surface area (Å²) in [5.41, 5.74) is 10.6. The van der Waals surface area contributed by atoms with Crippen molar-refractivity contribution in [2.24, 2.45) is 0 Å². The molecule has 222 valence electrons. The number of hydrogen-bond donors (Lipinski definition) is 0. The molecule has 8 aromatic carbocycles. The molecule has 0 unspecified atom stereocenters. The molecule has 2 nitrogen and oxygen atoms in total. The number of nitriles is 1. The highest BCUT2D eigenvalue weighted by molar-refractivity contribution is 6.19. The molecule has 9 aromatic rings. The minimum absolute atomic E-state index is 0.660. The third-order valence-corrected chi connectivity index (χ3v) is 9.51. The van der Waals surface area contributed by atoms with Crippen LogP contribution in [0.25, 0.3) is 87.9 Å². The average Bonchev–Trinajstić information content (AvgIpc) is 3.17. The molecule has 1 aromatic heterocycles. The lowest BCUT2D eigenvalue weighted by Crippen LogP contribution is -1.94. The van der Waals surface area contributed by atoms with E-state index in [4.69, 9.17) is 4.98 Å². The first-order valence-electron chi connectivity index (χ1n) is 16.2. The van der Waals surface area contributed by atoms with Crippen LogP contribution in [0.1, 0.15) is 5.56 Å². The Morgan fingerprint density at radius 2 is 0.854 bits per heavy atom. The Labute approximate surface area is 278 Å². The van der Waals surface area contributed by atoms with Crippen molar-refractivity contribution in [3.8, 4) is 50.7 Å². The van der Waals surface area contributed by atoms with Crippen LogP contribution in [0.4, 0.5) is 0 Å². The average molecular weight is 609 g/mol. The maximum absolute atomic E-state index is 9.22. The Balaban J connectivity index is 1.33. The van der Waals surface area contributed by atoms with E-state index in [-0.39, 0.29) is 0 Å². The minimum atomic E-state index is 0.660. The van der Waals surface area contributed by atoms with Crippen LogP contribution in [0, 0.1) is 11.3 Å². The summed E-state index contributed by atoms with van der Waals surface area (Å²) < 4.78 is 0. The third kappa shape index (κ3) is 4.61. The molecule has 48 heavy (non-hydrogen) atoms. The zero-order chi connectivity index (χ0) is 32.0. The molecular weight excluding hydrogens is 581 g/mol. The Morgan fingerprint density at radius 1 is 0.375 bits per heavy atom. The van der Waals surface area contributed by atoms with Crippen LogP contribution in [0.15, 0.2) is 170 Å². The molecule has 0 aliphatic rings. The van der Waals surface area contributed by atoms with Crippen molar-refractivity contribution in [2.75, 3.05) is 0 Å². The van der Waals surface area contributed by atoms with Gasteiger partial charge in [0.25, 0.3) is 0 Å². The summed E-state index contributed by atoms with van der Waals surface area (Å²) in [7, 11) is 0. The Kier molecular flexibility index (Phi) is 6.56. The molecule has 0 bridgehead atoms. The normalized spacial score (nSPS) is 11.3. The van der Waals surface area contributed by atoms with E-state index >= 15 is 0 Å². The van der Waals surface area contributed by atoms with Gasteiger partial charge in [0.2, 0.25) is 0 Å². The van der Waals surface area contributed by atoms with E-state index < -0.39 is 0 Å². The predicted octanol–water partition coefficient (Wildman–Crippen LogP) is 12.2. The van der Waals surface area contributed by atoms with Gasteiger partial charge in [-0.1, -0.05) is 146 Å². The van der Waals surface area contributed by atoms with Crippen LogP contribution in [-0.2, 0) is 0 Å². The predicted molar refractivity (Wildman–Crippen MR) is 201 cm³/mol. The Hall–Kier alpha value is -6.56. The summed E-state index contributed by atoms with van der Waals surface area (Å²) >= 11 is 0. The molecule has 1 heterocycles. The van der Waals surface area contributed by atoms with Crippen LogP contribution in [0.5, 0.6) is 0 Å². The van der Waals surface area contributed by atoms with E-state index in [0.29, 0.717) is 5.56 Å². The molecule has 9 rings (SSSR count). The molecule has 0 atom stereocenters. The van der Waals surface area contributed by atoms with Crippen LogP contribution in [-0.4, -0.2) is 4.98 Å². The maximum atomic E-state index is 9.22. The quantitative estimate of drug-likeness (QED) is 0.186. The second-order valence-corrected chi connectivity index (χ2v) is 12.2. The fraction of sp³-hybridized carbons (Fsp3) is 0. The van der Waals surface area contributed by atoms with E-state index in [1.165, 1.54) is 43.6 Å². The largest absolute Gasteiger partial charge is 0.247 e. The van der Waals surface area contributed by atoms with Gasteiger partial charge in [-0.3, -0.25) is 0 Å². The van der Waals surface area contributed by atoms with Gasteiger partial charge in [-0.05, 0) is 84.6 Å². The fourth-order valence-electron chi connectivity index (χ4n) is 7.14. The van der Waals surface area contributed by atoms with E-state index in [0.717, 1.165) is 44.2 Å². The molecule has 0 spiro atoms. The lowest BCUT2D eigenvalue weighted by Gasteiger charge is -2.17. The summed E-state index contributed by atoms with van der Waals surface area (Å²) in [5.74, 6) is 0. The zero-order valence-electron chi connectivity index (χ0n) is 26.1. The number of nitrogens with zero attached hydrogens (tertiary/aromatic N) is 2. The van der Waals surface area contributed by atoms with Gasteiger partial charge in [-0.25, -0.2) is 4.98 Å². The van der Waals surface area contributed by atoms with Gasteiger partial charge in [0.1, 0.15) is 0 Å². The first-order valence-corrected chi connectivity index (χ1v) is 16.2. The Bertz CT molecular complexity index is 2700. The van der Waals surface area contributed by atoms with Crippen molar-refractivity contribution in [3.63, 3.8) is 0 Å². The molecule has 0 N–H and O–H groups in total. The summed E-state index contributed by atoms with van der Waals surface area (Å²) in [5, 5.41) is 17.6. The molecule has 0 aliphatic heterocycles. The third-order valence-electron chi connectivity index (χ3n) is 9.51. The molecule has 2 heteroatoms. The van der Waals surface area contributed by atoms with E-state index in [9.17, 15) is 5.26 Å². The van der Waals surface area contributed by atoms with Gasteiger partial charge in [0.05, 0.1) is 22.8 Å². The van der Waals surface area contributed by atoms with E-state index in [1.807, 2.05) is 24.3 Å². The zero-order valence-corrected chi connectivity index (χ0v) is 26.1. The number of fused-ring (bicyclic) bond motifs is 5. The summed E-state index contributed by atoms with van der Waals surface area (Å²) in [4.78, 5) is 5.43. The maximum Gasteiger partial charge on any atom is 0.0991 e. The van der Waals surface area contributed by atoms with Crippen LogP contribution >= 0.6 is 0 Å². The van der Waals surface area contributed by atoms with Crippen molar-refractivity contribution in [3.05, 3.63) is 175 Å². The van der Waals surface area contributed by atoms with Crippen LogP contribution < -0.4 is 0 Å². The molecule has 0 saturated carbocycles. The minimum Gasteiger partial charge on any atom is -0.247 e. The first-order chi connectivity index (χ1) is 23.7. The summed E-state index contributed by atoms with van der Waals surface area (Å²) in [6.45, 7) is 0. The second kappa shape index (κ2) is 11.4. The summed E-state index contributed by atoms with van der Waals surface area (Å²) in [6.07, 6.45) is 0. The summed E-state index contributed by atoms with van der Waals surface area (Å²) in [6, 6.07) is 62.2. The Morgan fingerprint density at radius 3 is 1.46 bits per heavy atom. The highest BCUT2D eigenvalue weighted by Gasteiger charge is 2.18. The van der Waals surface area contributed by atoms with E-state index in [2.05, 4.69) is 152 Å². The topological polar surface area (TPSA) is 36.7 Å². The number of rotatable bonds is 4. The fourth-order valence-corrected chi connectivity index (χ4v) is 7.14. The van der Waals surface area contributed by atoms with Gasteiger partial charge in [0.15, 0.2) is 0 Å². The van der Waals surface area contributed by atoms with Crippen molar-refractivity contribution >= 4 is 43.2 Å². The van der Waals surface area contributed by atoms with Crippen molar-refractivity contribution in [2.45, 2.75) is 0 Å². The molecular formula is C46H28N2. The monoisotopic (exact) mass is 608 g/mol. The number of benzene rings is 8. The first kappa shape index (κ1) is 27.7. The number of hydrogen-bond acceptors (Lipinski definition) is 2. The molecule has 0 radical (unpaired) electrons. The van der Waals surface area contributed by atoms with Crippen molar-refractivity contribution < 1.29 is 0 Å². The van der Waals surface area contributed by atoms with Gasteiger partial charge in [-0.15, -0.1) is 0 Å². The highest BCUT2D eigenvalue weighted by atomic mass is 14.7. The highest BCUT2D eigenvalue weighted by Crippen LogP contribution is 2.43. The van der Waals surface area contributed by atoms with Gasteiger partial charge < -0.3 is 0 Å². The molecule has 0 saturated heterocycles. The molecule has 0 amide bonds. The second-order valence-electron chi connectivity index (χ2n) is 12.2. The standard InChI is InChI=1S/C46H28N2/c47-29-30-19-21-31(22-20-30)32-23-25-35(26-24-32)45-28-43(39-18-8-12-34-10-2-4-14-37(34)39)44-27-42(40-15-5-6-16-41(40)46(44)48-45)38-17-7-11-33-9-1-3-13-36(33)38/h1-28H. The molecule has 0 aliphatic carbocycles. The van der Waals surface area contributed by atoms with Crippen LogP contribution in [0.2, 0.25) is 0 Å². The van der Waals surface area contributed by atoms with Crippen molar-refractivity contribution in [1.82, 2.24) is 4.98 Å². The lowest BCUT2D eigenvalue weighted by molar-refractivity contribution is 1.41. The van der Waals surface area contributed by atoms with Gasteiger partial charge in [0, 0.05) is 16.3 Å². The lowest BCUT2D eigenvalue weighted by atomic mass is 9.88. The van der Waals surface area contributed by atoms with E-state index in [1.54, 1.807) is 0 Å². The SMILES string of the molecule is N#Cc1ccc(-c2ccc(-c3cc(-c4cccc5ccccc45)c4cc(-c5cccc6ccccc56)c5ccccc5c4n3)cc2)cc1. The van der Waals surface area contributed by atoms with Crippen molar-refractivity contribution in [1.29, 1.82) is 5.26 Å². The van der Waals surface area contributed by atoms with Gasteiger partial charge in [-0.2, -0.15) is 5.26 Å². The smallest absolute Gasteiger partial charge is 0.0991 e.